The smallest absolute Gasteiger partial charge is 0.399 e. The predicted molar refractivity (Wildman–Crippen MR) is 402 cm³/mol. The molecule has 12 heteroatoms. The van der Waals surface area contributed by atoms with Crippen molar-refractivity contribution < 1.29 is 9.31 Å². The first kappa shape index (κ1) is 61.5. The molecule has 0 amide bonds. The molecule has 12 aromatic carbocycles. The maximum absolute atomic E-state index is 6.41. The van der Waals surface area contributed by atoms with E-state index in [2.05, 4.69) is 225 Å². The van der Waals surface area contributed by atoms with Gasteiger partial charge in [-0.05, 0) is 95.3 Å². The van der Waals surface area contributed by atoms with Gasteiger partial charge < -0.3 is 9.31 Å². The number of rotatable bonds is 10. The third kappa shape index (κ3) is 12.5. The molecule has 0 saturated carbocycles. The monoisotopic (exact) mass is 1300 g/mol. The van der Waals surface area contributed by atoms with Gasteiger partial charge in [0.1, 0.15) is 0 Å². The Hall–Kier alpha value is -10.6. The third-order valence-corrected chi connectivity index (χ3v) is 20.6. The van der Waals surface area contributed by atoms with Crippen LogP contribution in [0.3, 0.4) is 0 Å². The Bertz CT molecular complexity index is 5280. The highest BCUT2D eigenvalue weighted by Crippen LogP contribution is 2.45. The molecule has 17 rings (SSSR count). The van der Waals surface area contributed by atoms with E-state index in [9.17, 15) is 0 Å². The number of hydrogen-bond donors (Lipinski definition) is 0. The second-order valence-electron chi connectivity index (χ2n) is 24.5. The van der Waals surface area contributed by atoms with Crippen LogP contribution in [-0.2, 0) is 9.31 Å². The highest BCUT2D eigenvalue weighted by atomic mass is 35.5. The molecule has 96 heavy (non-hydrogen) atoms. The van der Waals surface area contributed by atoms with Gasteiger partial charge in [-0.25, -0.2) is 19.9 Å². The van der Waals surface area contributed by atoms with Crippen molar-refractivity contribution >= 4 is 87.2 Å². The first-order chi connectivity index (χ1) is 47.0. The van der Waals surface area contributed by atoms with E-state index in [0.29, 0.717) is 29.1 Å². The van der Waals surface area contributed by atoms with Gasteiger partial charge in [0.05, 0.1) is 11.2 Å². The lowest BCUT2D eigenvalue weighted by Crippen LogP contribution is -2.41. The zero-order valence-corrected chi connectivity index (χ0v) is 55.5. The van der Waals surface area contributed by atoms with Gasteiger partial charge in [-0.3, -0.25) is 0 Å². The van der Waals surface area contributed by atoms with Crippen molar-refractivity contribution in [3.63, 3.8) is 0 Å². The third-order valence-electron chi connectivity index (χ3n) is 17.8. The summed E-state index contributed by atoms with van der Waals surface area (Å²) in [5, 5.41) is 5.20. The van der Waals surface area contributed by atoms with Crippen LogP contribution in [0.1, 0.15) is 27.7 Å². The molecule has 1 fully saturated rings. The van der Waals surface area contributed by atoms with E-state index in [4.69, 9.17) is 35.9 Å². The lowest BCUT2D eigenvalue weighted by Gasteiger charge is -2.32. The lowest BCUT2D eigenvalue weighted by molar-refractivity contribution is 0.00578. The molecule has 4 aromatic heterocycles. The zero-order chi connectivity index (χ0) is 65.2. The second-order valence-corrected chi connectivity index (χ2v) is 26.9. The first-order valence-electron chi connectivity index (χ1n) is 31.9. The van der Waals surface area contributed by atoms with E-state index < -0.39 is 0 Å². The van der Waals surface area contributed by atoms with Crippen LogP contribution in [0, 0.1) is 0 Å². The summed E-state index contributed by atoms with van der Waals surface area (Å²) < 4.78 is 17.8. The molecule has 5 heterocycles. The number of thiophene rings is 2. The maximum atomic E-state index is 6.41. The summed E-state index contributed by atoms with van der Waals surface area (Å²) in [4.78, 5) is 27.7. The normalized spacial score (nSPS) is 13.1. The molecular weight excluding hydrogens is 1240 g/mol. The number of hydrogen-bond acceptors (Lipinski definition) is 10. The summed E-state index contributed by atoms with van der Waals surface area (Å²) in [5.41, 5.74) is 15.0. The molecule has 0 bridgehead atoms. The number of fused-ring (bicyclic) bond motifs is 6. The summed E-state index contributed by atoms with van der Waals surface area (Å²) in [6.45, 7) is 8.43. The lowest BCUT2D eigenvalue weighted by atomic mass is 9.78. The van der Waals surface area contributed by atoms with E-state index in [-0.39, 0.29) is 23.6 Å². The second kappa shape index (κ2) is 26.6. The Morgan fingerprint density at radius 2 is 0.531 bits per heavy atom. The molecule has 0 N–H and O–H groups in total. The largest absolute Gasteiger partial charge is 0.496 e. The van der Waals surface area contributed by atoms with E-state index >= 15 is 0 Å². The molecule has 462 valence electrons. The van der Waals surface area contributed by atoms with Gasteiger partial charge in [0.2, 0.25) is 5.28 Å². The fourth-order valence-corrected chi connectivity index (χ4v) is 15.0. The molecule has 0 spiro atoms. The van der Waals surface area contributed by atoms with Crippen LogP contribution in [-0.4, -0.2) is 48.2 Å². The molecule has 1 saturated heterocycles. The van der Waals surface area contributed by atoms with Gasteiger partial charge in [0, 0.05) is 68.2 Å². The molecule has 0 atom stereocenters. The molecule has 0 unspecified atom stereocenters. The average molecular weight is 1300 g/mol. The fraction of sp³-hybridized carbons (Fsp3) is 0.0714. The van der Waals surface area contributed by atoms with Gasteiger partial charge in [-0.15, -0.1) is 22.7 Å². The zero-order valence-electron chi connectivity index (χ0n) is 53.1. The molecule has 0 radical (unpaired) electrons. The van der Waals surface area contributed by atoms with Crippen molar-refractivity contribution in [3.8, 4) is 101 Å². The van der Waals surface area contributed by atoms with Gasteiger partial charge in [0.25, 0.3) is 0 Å². The number of aromatic nitrogens is 6. The Balaban J connectivity index is 0.000000127. The maximum Gasteiger partial charge on any atom is 0.496 e. The fourth-order valence-electron chi connectivity index (χ4n) is 12.1. The summed E-state index contributed by atoms with van der Waals surface area (Å²) in [7, 11) is -0.365. The van der Waals surface area contributed by atoms with Crippen LogP contribution in [0.4, 0.5) is 0 Å². The molecule has 8 nitrogen and oxygen atoms in total. The van der Waals surface area contributed by atoms with Crippen molar-refractivity contribution in [2.24, 2.45) is 0 Å². The first-order valence-corrected chi connectivity index (χ1v) is 34.0. The van der Waals surface area contributed by atoms with Crippen molar-refractivity contribution in [1.29, 1.82) is 0 Å². The van der Waals surface area contributed by atoms with Crippen LogP contribution in [0.2, 0.25) is 5.28 Å². The van der Waals surface area contributed by atoms with E-state index in [1.165, 1.54) is 84.9 Å². The molecular formula is C84H62BClN6O2S2. The Kier molecular flexibility index (Phi) is 17.1. The standard InChI is InChI=1S/C39H25N3S.C30H27BO2S.C15H10ClN3/c1-4-12-26(13-5-1)27-22-24-28(25-23-27)31-18-10-19-32-33-20-11-21-34(36(33)43-35(31)32)39-41-37(29-14-6-2-7-15-29)40-38(42-39)30-16-8-3-9-17-30;1-29(2)30(3,4)33-31(32-29)26-15-9-14-25-24-13-8-12-23(27(24)34-28(25)26)22-18-16-21(17-19-22)20-10-6-5-7-11-20;16-15-18-13(11-7-3-1-4-8-11)17-14(19-15)12-9-5-2-6-10-12/h1-25H;5-19H,1-4H3;1-10H. The van der Waals surface area contributed by atoms with Crippen molar-refractivity contribution in [2.75, 3.05) is 0 Å². The van der Waals surface area contributed by atoms with E-state index in [1.807, 2.05) is 144 Å². The highest BCUT2D eigenvalue weighted by Gasteiger charge is 2.52. The minimum atomic E-state index is -0.365. The van der Waals surface area contributed by atoms with Crippen LogP contribution in [0.15, 0.2) is 303 Å². The Morgan fingerprint density at radius 3 is 0.906 bits per heavy atom. The minimum Gasteiger partial charge on any atom is -0.399 e. The van der Waals surface area contributed by atoms with Gasteiger partial charge >= 0.3 is 7.12 Å². The Morgan fingerprint density at radius 1 is 0.260 bits per heavy atom. The minimum absolute atomic E-state index is 0.202. The molecule has 1 aliphatic rings. The Labute approximate surface area is 571 Å². The predicted octanol–water partition coefficient (Wildman–Crippen LogP) is 22.1. The number of halogens is 1. The molecule has 16 aromatic rings. The van der Waals surface area contributed by atoms with E-state index in [0.717, 1.165) is 33.3 Å². The summed E-state index contributed by atoms with van der Waals surface area (Å²) >= 11 is 9.63. The number of nitrogens with zero attached hydrogens (tertiary/aromatic N) is 6. The highest BCUT2D eigenvalue weighted by molar-refractivity contribution is 7.27. The van der Waals surface area contributed by atoms with Gasteiger partial charge in [0.15, 0.2) is 29.1 Å². The average Bonchev–Trinajstić information content (AvgIpc) is 1.60. The van der Waals surface area contributed by atoms with Gasteiger partial charge in [-0.1, -0.05) is 297 Å². The van der Waals surface area contributed by atoms with Crippen LogP contribution >= 0.6 is 34.3 Å². The van der Waals surface area contributed by atoms with Crippen molar-refractivity contribution in [2.45, 2.75) is 38.9 Å². The molecule has 1 aliphatic heterocycles. The van der Waals surface area contributed by atoms with Crippen LogP contribution < -0.4 is 5.46 Å². The van der Waals surface area contributed by atoms with Crippen LogP contribution in [0.25, 0.3) is 142 Å². The quantitative estimate of drug-likeness (QED) is 0.125. The molecule has 0 aliphatic carbocycles. The van der Waals surface area contributed by atoms with Crippen molar-refractivity contribution in [3.05, 3.63) is 309 Å². The summed E-state index contributed by atoms with van der Waals surface area (Å²) in [6, 6.07) is 105. The van der Waals surface area contributed by atoms with Crippen molar-refractivity contribution in [1.82, 2.24) is 29.9 Å². The van der Waals surface area contributed by atoms with Gasteiger partial charge in [-0.2, -0.15) is 9.97 Å². The van der Waals surface area contributed by atoms with E-state index in [1.54, 1.807) is 0 Å². The topological polar surface area (TPSA) is 95.8 Å². The summed E-state index contributed by atoms with van der Waals surface area (Å²) in [6.07, 6.45) is 0. The van der Waals surface area contributed by atoms with Crippen LogP contribution in [0.5, 0.6) is 0 Å². The summed E-state index contributed by atoms with van der Waals surface area (Å²) in [5.74, 6) is 3.18. The SMILES string of the molecule is CC1(C)OB(c2cccc3c2sc2c(-c4ccc(-c5ccccc5)cc4)cccc23)OC1(C)C.Clc1nc(-c2ccccc2)nc(-c2ccccc2)n1.c1ccc(-c2ccc(-c3cccc4c3sc3c(-c5nc(-c6ccccc6)nc(-c6ccccc6)n5)cccc34)cc2)cc1. The number of benzene rings is 12.